The van der Waals surface area contributed by atoms with Gasteiger partial charge in [-0.05, 0) is 30.7 Å². The summed E-state index contributed by atoms with van der Waals surface area (Å²) in [5, 5.41) is 18.6. The van der Waals surface area contributed by atoms with Crippen molar-refractivity contribution in [2.24, 2.45) is 0 Å². The van der Waals surface area contributed by atoms with E-state index in [1.807, 2.05) is 0 Å². The van der Waals surface area contributed by atoms with Crippen LogP contribution in [-0.2, 0) is 0 Å². The summed E-state index contributed by atoms with van der Waals surface area (Å²) in [6.45, 7) is 1.71. The summed E-state index contributed by atoms with van der Waals surface area (Å²) in [5.41, 5.74) is 0.571. The Labute approximate surface area is 107 Å². The number of aryl methyl sites for hydroxylation is 1. The first-order chi connectivity index (χ1) is 8.40. The minimum Gasteiger partial charge on any atom is -0.478 e. The fourth-order valence-electron chi connectivity index (χ4n) is 1.66. The lowest BCUT2D eigenvalue weighted by molar-refractivity contribution is 0.0696. The van der Waals surface area contributed by atoms with Crippen molar-refractivity contribution in [3.05, 3.63) is 40.0 Å². The van der Waals surface area contributed by atoms with E-state index in [1.54, 1.807) is 13.0 Å². The molecule has 2 aromatic rings. The summed E-state index contributed by atoms with van der Waals surface area (Å²) in [5.74, 6) is -2.43. The Morgan fingerprint density at radius 1 is 1.17 bits per heavy atom. The Morgan fingerprint density at radius 2 is 1.83 bits per heavy atom. The lowest BCUT2D eigenvalue weighted by Gasteiger charge is -2.06. The third kappa shape index (κ3) is 2.00. The second kappa shape index (κ2) is 4.27. The van der Waals surface area contributed by atoms with Crippen LogP contribution in [0.1, 0.15) is 26.3 Å². The highest BCUT2D eigenvalue weighted by Crippen LogP contribution is 2.24. The molecule has 0 atom stereocenters. The van der Waals surface area contributed by atoms with Crippen LogP contribution in [0.25, 0.3) is 10.9 Å². The monoisotopic (exact) mass is 265 g/mol. The molecule has 0 saturated heterocycles. The van der Waals surface area contributed by atoms with E-state index in [4.69, 9.17) is 21.8 Å². The molecule has 0 aliphatic heterocycles. The number of pyridine rings is 1. The molecule has 1 aromatic carbocycles. The van der Waals surface area contributed by atoms with Gasteiger partial charge in [-0.2, -0.15) is 0 Å². The molecule has 0 saturated carbocycles. The molecular formula is C12H8ClNO4. The van der Waals surface area contributed by atoms with Crippen molar-refractivity contribution in [3.63, 3.8) is 0 Å². The molecule has 1 heterocycles. The number of carbonyl (C=O) groups is 2. The van der Waals surface area contributed by atoms with Gasteiger partial charge in [0.15, 0.2) is 0 Å². The van der Waals surface area contributed by atoms with Crippen molar-refractivity contribution in [3.8, 4) is 0 Å². The lowest BCUT2D eigenvalue weighted by Crippen LogP contribution is -2.04. The summed E-state index contributed by atoms with van der Waals surface area (Å²) >= 11 is 5.85. The Balaban J connectivity index is 2.89. The highest BCUT2D eigenvalue weighted by molar-refractivity contribution is 6.30. The predicted molar refractivity (Wildman–Crippen MR) is 65.4 cm³/mol. The fraction of sp³-hybridized carbons (Fsp3) is 0.0833. The number of nitrogens with zero attached hydrogens (tertiary/aromatic N) is 1. The zero-order valence-corrected chi connectivity index (χ0v) is 10.0. The number of rotatable bonds is 2. The number of benzene rings is 1. The van der Waals surface area contributed by atoms with Crippen molar-refractivity contribution in [1.29, 1.82) is 0 Å². The highest BCUT2D eigenvalue weighted by atomic mass is 35.5. The van der Waals surface area contributed by atoms with Gasteiger partial charge in [-0.3, -0.25) is 0 Å². The van der Waals surface area contributed by atoms with Crippen LogP contribution >= 0.6 is 11.6 Å². The number of hydrogen-bond donors (Lipinski definition) is 2. The SMILES string of the molecule is Cc1cc2cc(C(=O)O)cc(C(=O)O)c2nc1Cl. The van der Waals surface area contributed by atoms with E-state index in [2.05, 4.69) is 4.98 Å². The minimum atomic E-state index is -1.24. The summed E-state index contributed by atoms with van der Waals surface area (Å²) < 4.78 is 0. The Morgan fingerprint density at radius 3 is 2.39 bits per heavy atom. The van der Waals surface area contributed by atoms with Crippen LogP contribution in [-0.4, -0.2) is 27.1 Å². The molecule has 0 fully saturated rings. The predicted octanol–water partition coefficient (Wildman–Crippen LogP) is 2.59. The van der Waals surface area contributed by atoms with Gasteiger partial charge >= 0.3 is 11.9 Å². The van der Waals surface area contributed by atoms with Gasteiger partial charge in [-0.15, -0.1) is 0 Å². The third-order valence-corrected chi connectivity index (χ3v) is 2.91. The summed E-state index contributed by atoms with van der Waals surface area (Å²) in [4.78, 5) is 26.0. The number of aromatic nitrogens is 1. The van der Waals surface area contributed by atoms with E-state index in [0.717, 1.165) is 6.07 Å². The number of carboxylic acids is 2. The maximum Gasteiger partial charge on any atom is 0.337 e. The van der Waals surface area contributed by atoms with Gasteiger partial charge in [0.1, 0.15) is 5.15 Å². The molecule has 0 amide bonds. The molecule has 0 aliphatic carbocycles. The van der Waals surface area contributed by atoms with Gasteiger partial charge in [0, 0.05) is 5.39 Å². The first-order valence-corrected chi connectivity index (χ1v) is 5.35. The zero-order chi connectivity index (χ0) is 13.4. The number of aromatic carboxylic acids is 2. The molecule has 6 heteroatoms. The molecular weight excluding hydrogens is 258 g/mol. The van der Waals surface area contributed by atoms with Crippen molar-refractivity contribution < 1.29 is 19.8 Å². The molecule has 0 spiro atoms. The zero-order valence-electron chi connectivity index (χ0n) is 9.27. The second-order valence-electron chi connectivity index (χ2n) is 3.80. The number of carboxylic acid groups (broad SMARTS) is 2. The summed E-state index contributed by atoms with van der Waals surface area (Å²) in [6, 6.07) is 4.07. The van der Waals surface area contributed by atoms with Crippen LogP contribution in [0.5, 0.6) is 0 Å². The van der Waals surface area contributed by atoms with E-state index in [9.17, 15) is 9.59 Å². The van der Waals surface area contributed by atoms with Gasteiger partial charge in [0.25, 0.3) is 0 Å². The molecule has 18 heavy (non-hydrogen) atoms. The quantitative estimate of drug-likeness (QED) is 0.815. The average molecular weight is 266 g/mol. The largest absolute Gasteiger partial charge is 0.478 e. The Bertz CT molecular complexity index is 681. The molecule has 5 nitrogen and oxygen atoms in total. The van der Waals surface area contributed by atoms with Gasteiger partial charge in [-0.1, -0.05) is 11.6 Å². The van der Waals surface area contributed by atoms with Gasteiger partial charge in [0.2, 0.25) is 0 Å². The molecule has 2 N–H and O–H groups in total. The molecule has 1 aromatic heterocycles. The van der Waals surface area contributed by atoms with Crippen LogP contribution in [0.4, 0.5) is 0 Å². The molecule has 0 bridgehead atoms. The first-order valence-electron chi connectivity index (χ1n) is 4.97. The molecule has 0 radical (unpaired) electrons. The van der Waals surface area contributed by atoms with Crippen LogP contribution in [0.2, 0.25) is 5.15 Å². The smallest absolute Gasteiger partial charge is 0.337 e. The van der Waals surface area contributed by atoms with Crippen LogP contribution < -0.4 is 0 Å². The normalized spacial score (nSPS) is 10.6. The van der Waals surface area contributed by atoms with Gasteiger partial charge in [-0.25, -0.2) is 14.6 Å². The number of halogens is 1. The maximum atomic E-state index is 11.1. The maximum absolute atomic E-state index is 11.1. The van der Waals surface area contributed by atoms with Gasteiger partial charge in [0.05, 0.1) is 16.6 Å². The van der Waals surface area contributed by atoms with Gasteiger partial charge < -0.3 is 10.2 Å². The minimum absolute atomic E-state index is 0.0941. The fourth-order valence-corrected chi connectivity index (χ4v) is 1.80. The van der Waals surface area contributed by atoms with E-state index in [0.29, 0.717) is 10.9 Å². The third-order valence-electron chi connectivity index (χ3n) is 2.52. The number of hydrogen-bond acceptors (Lipinski definition) is 3. The summed E-state index contributed by atoms with van der Waals surface area (Å²) in [6.07, 6.45) is 0. The van der Waals surface area contributed by atoms with Crippen LogP contribution in [0.3, 0.4) is 0 Å². The van der Waals surface area contributed by atoms with Crippen molar-refractivity contribution in [1.82, 2.24) is 4.98 Å². The van der Waals surface area contributed by atoms with Crippen molar-refractivity contribution in [2.75, 3.05) is 0 Å². The Kier molecular flexibility index (Phi) is 2.92. The lowest BCUT2D eigenvalue weighted by atomic mass is 10.0. The average Bonchev–Trinajstić information content (AvgIpc) is 2.29. The van der Waals surface area contributed by atoms with E-state index < -0.39 is 11.9 Å². The summed E-state index contributed by atoms with van der Waals surface area (Å²) in [7, 11) is 0. The van der Waals surface area contributed by atoms with Crippen LogP contribution in [0, 0.1) is 6.92 Å². The van der Waals surface area contributed by atoms with E-state index in [1.165, 1.54) is 6.07 Å². The first kappa shape index (κ1) is 12.3. The van der Waals surface area contributed by atoms with Crippen LogP contribution in [0.15, 0.2) is 18.2 Å². The van der Waals surface area contributed by atoms with Crippen molar-refractivity contribution >= 4 is 34.4 Å². The van der Waals surface area contributed by atoms with E-state index in [-0.39, 0.29) is 21.8 Å². The molecule has 92 valence electrons. The Hall–Kier alpha value is -2.14. The molecule has 2 rings (SSSR count). The highest BCUT2D eigenvalue weighted by Gasteiger charge is 2.16. The molecule has 0 aliphatic rings. The number of fused-ring (bicyclic) bond motifs is 1. The van der Waals surface area contributed by atoms with E-state index >= 15 is 0 Å². The topological polar surface area (TPSA) is 87.5 Å². The second-order valence-corrected chi connectivity index (χ2v) is 4.16. The standard InChI is InChI=1S/C12H8ClNO4/c1-5-2-6-3-7(11(15)16)4-8(12(17)18)9(6)14-10(5)13/h2-4H,1H3,(H,15,16)(H,17,18). The van der Waals surface area contributed by atoms with Crippen molar-refractivity contribution in [2.45, 2.75) is 6.92 Å². The molecule has 0 unspecified atom stereocenters.